The lowest BCUT2D eigenvalue weighted by Crippen LogP contribution is -2.55. The summed E-state index contributed by atoms with van der Waals surface area (Å²) in [5.41, 5.74) is 10.9. The standard InChI is InChI=1S/C14H26N4O2/c1-10-2-4-11(5-3-10)18(14(16)20)12-6-8-17(9-7-12)13(15)19/h10-12H,2-9H2,1H3,(H2,15,19)(H2,16,20). The number of nitrogens with zero attached hydrogens (tertiary/aromatic N) is 2. The largest absolute Gasteiger partial charge is 0.351 e. The first kappa shape index (κ1) is 14.9. The molecule has 0 bridgehead atoms. The summed E-state index contributed by atoms with van der Waals surface area (Å²) in [6.07, 6.45) is 5.96. The first-order chi connectivity index (χ1) is 9.49. The van der Waals surface area contributed by atoms with Crippen LogP contribution < -0.4 is 11.5 Å². The van der Waals surface area contributed by atoms with Crippen molar-refractivity contribution in [1.82, 2.24) is 9.80 Å². The molecule has 2 fully saturated rings. The van der Waals surface area contributed by atoms with Crippen molar-refractivity contribution in [3.63, 3.8) is 0 Å². The van der Waals surface area contributed by atoms with Crippen molar-refractivity contribution >= 4 is 12.1 Å². The van der Waals surface area contributed by atoms with E-state index in [2.05, 4.69) is 6.92 Å². The normalized spacial score (nSPS) is 28.1. The maximum atomic E-state index is 11.8. The highest BCUT2D eigenvalue weighted by Crippen LogP contribution is 2.30. The van der Waals surface area contributed by atoms with Gasteiger partial charge in [0.2, 0.25) is 0 Å². The number of likely N-dealkylation sites (tertiary alicyclic amines) is 1. The van der Waals surface area contributed by atoms with Crippen LogP contribution in [0.4, 0.5) is 9.59 Å². The first-order valence-electron chi connectivity index (χ1n) is 7.61. The fourth-order valence-electron chi connectivity index (χ4n) is 3.54. The zero-order valence-electron chi connectivity index (χ0n) is 12.3. The molecule has 0 aromatic heterocycles. The Labute approximate surface area is 120 Å². The number of urea groups is 2. The van der Waals surface area contributed by atoms with Crippen LogP contribution >= 0.6 is 0 Å². The number of hydrogen-bond donors (Lipinski definition) is 2. The fourth-order valence-corrected chi connectivity index (χ4v) is 3.54. The highest BCUT2D eigenvalue weighted by Gasteiger charge is 2.34. The Hall–Kier alpha value is -1.46. The average Bonchev–Trinajstić information content (AvgIpc) is 2.41. The van der Waals surface area contributed by atoms with E-state index in [0.29, 0.717) is 13.1 Å². The van der Waals surface area contributed by atoms with Crippen molar-refractivity contribution < 1.29 is 9.59 Å². The van der Waals surface area contributed by atoms with Gasteiger partial charge in [0.05, 0.1) is 0 Å². The molecule has 1 heterocycles. The van der Waals surface area contributed by atoms with Gasteiger partial charge in [0.25, 0.3) is 0 Å². The molecule has 0 spiro atoms. The first-order valence-corrected chi connectivity index (χ1v) is 7.61. The minimum Gasteiger partial charge on any atom is -0.351 e. The zero-order chi connectivity index (χ0) is 14.7. The van der Waals surface area contributed by atoms with Crippen molar-refractivity contribution in [1.29, 1.82) is 0 Å². The number of amides is 4. The van der Waals surface area contributed by atoms with Crippen LogP contribution in [0.1, 0.15) is 45.4 Å². The highest BCUT2D eigenvalue weighted by atomic mass is 16.2. The van der Waals surface area contributed by atoms with E-state index in [1.807, 2.05) is 4.90 Å². The molecule has 2 rings (SSSR count). The molecule has 1 aliphatic heterocycles. The van der Waals surface area contributed by atoms with Crippen LogP contribution in [0.25, 0.3) is 0 Å². The smallest absolute Gasteiger partial charge is 0.315 e. The third kappa shape index (κ3) is 3.35. The average molecular weight is 282 g/mol. The van der Waals surface area contributed by atoms with E-state index in [9.17, 15) is 9.59 Å². The van der Waals surface area contributed by atoms with Crippen LogP contribution in [0.3, 0.4) is 0 Å². The molecule has 0 radical (unpaired) electrons. The Bertz CT molecular complexity index is 358. The van der Waals surface area contributed by atoms with E-state index in [1.165, 1.54) is 0 Å². The molecule has 114 valence electrons. The third-order valence-corrected chi connectivity index (χ3v) is 4.80. The molecule has 1 saturated heterocycles. The predicted octanol–water partition coefficient (Wildman–Crippen LogP) is 1.49. The lowest BCUT2D eigenvalue weighted by molar-refractivity contribution is 0.0877. The number of piperidine rings is 1. The van der Waals surface area contributed by atoms with Crippen molar-refractivity contribution in [2.45, 2.75) is 57.5 Å². The topological polar surface area (TPSA) is 92.7 Å². The van der Waals surface area contributed by atoms with Gasteiger partial charge in [-0.05, 0) is 44.4 Å². The SMILES string of the molecule is CC1CCC(N(C(N)=O)C2CCN(C(N)=O)CC2)CC1. The van der Waals surface area contributed by atoms with E-state index >= 15 is 0 Å². The fraction of sp³-hybridized carbons (Fsp3) is 0.857. The molecule has 0 unspecified atom stereocenters. The maximum absolute atomic E-state index is 11.8. The van der Waals surface area contributed by atoms with E-state index in [4.69, 9.17) is 11.5 Å². The van der Waals surface area contributed by atoms with Crippen LogP contribution in [0.15, 0.2) is 0 Å². The second-order valence-electron chi connectivity index (χ2n) is 6.22. The zero-order valence-corrected chi connectivity index (χ0v) is 12.3. The molecule has 20 heavy (non-hydrogen) atoms. The van der Waals surface area contributed by atoms with Gasteiger partial charge in [-0.3, -0.25) is 0 Å². The summed E-state index contributed by atoms with van der Waals surface area (Å²) < 4.78 is 0. The predicted molar refractivity (Wildman–Crippen MR) is 77.0 cm³/mol. The van der Waals surface area contributed by atoms with Gasteiger partial charge in [-0.25, -0.2) is 9.59 Å². The summed E-state index contributed by atoms with van der Waals surface area (Å²) in [4.78, 5) is 26.5. The van der Waals surface area contributed by atoms with Crippen LogP contribution in [0.2, 0.25) is 0 Å². The molecule has 0 atom stereocenters. The van der Waals surface area contributed by atoms with Crippen molar-refractivity contribution in [3.05, 3.63) is 0 Å². The van der Waals surface area contributed by atoms with Crippen LogP contribution in [-0.4, -0.2) is 47.0 Å². The molecule has 6 nitrogen and oxygen atoms in total. The number of carbonyl (C=O) groups excluding carboxylic acids is 2. The number of rotatable bonds is 2. The minimum absolute atomic E-state index is 0.154. The van der Waals surface area contributed by atoms with Crippen LogP contribution in [-0.2, 0) is 0 Å². The molecule has 0 aromatic rings. The Morgan fingerprint density at radius 2 is 1.45 bits per heavy atom. The van der Waals surface area contributed by atoms with Gasteiger partial charge >= 0.3 is 12.1 Å². The van der Waals surface area contributed by atoms with Crippen LogP contribution in [0.5, 0.6) is 0 Å². The van der Waals surface area contributed by atoms with Gasteiger partial charge in [0.1, 0.15) is 0 Å². The van der Waals surface area contributed by atoms with E-state index < -0.39 is 0 Å². The van der Waals surface area contributed by atoms with E-state index in [1.54, 1.807) is 4.90 Å². The monoisotopic (exact) mass is 282 g/mol. The molecule has 1 aliphatic carbocycles. The molecule has 4 N–H and O–H groups in total. The minimum atomic E-state index is -0.374. The Morgan fingerprint density at radius 3 is 1.90 bits per heavy atom. The van der Waals surface area contributed by atoms with E-state index in [0.717, 1.165) is 44.4 Å². The molecule has 0 aromatic carbocycles. The molecule has 1 saturated carbocycles. The van der Waals surface area contributed by atoms with E-state index in [-0.39, 0.29) is 24.1 Å². The Morgan fingerprint density at radius 1 is 0.950 bits per heavy atom. The summed E-state index contributed by atoms with van der Waals surface area (Å²) in [6, 6.07) is -0.266. The lowest BCUT2D eigenvalue weighted by atomic mass is 9.85. The number of nitrogens with two attached hydrogens (primary N) is 2. The van der Waals surface area contributed by atoms with Gasteiger partial charge in [0.15, 0.2) is 0 Å². The number of carbonyl (C=O) groups is 2. The molecule has 2 aliphatic rings. The van der Waals surface area contributed by atoms with Crippen LogP contribution in [0, 0.1) is 5.92 Å². The van der Waals surface area contributed by atoms with Crippen molar-refractivity contribution in [3.8, 4) is 0 Å². The lowest BCUT2D eigenvalue weighted by Gasteiger charge is -2.43. The van der Waals surface area contributed by atoms with Crippen molar-refractivity contribution in [2.75, 3.05) is 13.1 Å². The maximum Gasteiger partial charge on any atom is 0.315 e. The molecular formula is C14H26N4O2. The quantitative estimate of drug-likeness (QED) is 0.803. The summed E-state index contributed by atoms with van der Waals surface area (Å²) >= 11 is 0. The third-order valence-electron chi connectivity index (χ3n) is 4.80. The number of primary amides is 2. The van der Waals surface area contributed by atoms with Gasteiger partial charge in [-0.2, -0.15) is 0 Å². The second-order valence-corrected chi connectivity index (χ2v) is 6.22. The summed E-state index contributed by atoms with van der Waals surface area (Å²) in [5, 5.41) is 0. The Balaban J connectivity index is 1.96. The van der Waals surface area contributed by atoms with Gasteiger partial charge < -0.3 is 21.3 Å². The number of hydrogen-bond acceptors (Lipinski definition) is 2. The summed E-state index contributed by atoms with van der Waals surface area (Å²) in [7, 11) is 0. The van der Waals surface area contributed by atoms with Gasteiger partial charge in [-0.15, -0.1) is 0 Å². The van der Waals surface area contributed by atoms with Gasteiger partial charge in [0, 0.05) is 25.2 Å². The molecule has 4 amide bonds. The highest BCUT2D eigenvalue weighted by molar-refractivity contribution is 5.73. The second kappa shape index (κ2) is 6.33. The van der Waals surface area contributed by atoms with Crippen molar-refractivity contribution in [2.24, 2.45) is 17.4 Å². The summed E-state index contributed by atoms with van der Waals surface area (Å²) in [5.74, 6) is 0.748. The van der Waals surface area contributed by atoms with Gasteiger partial charge in [-0.1, -0.05) is 6.92 Å². The molecule has 6 heteroatoms. The Kier molecular flexibility index (Phi) is 4.73. The summed E-state index contributed by atoms with van der Waals surface area (Å²) in [6.45, 7) is 3.50. The molecular weight excluding hydrogens is 256 g/mol.